The zero-order valence-electron chi connectivity index (χ0n) is 42.6. The largest absolute Gasteiger partial charge is 0.472 e. The van der Waals surface area contributed by atoms with Crippen molar-refractivity contribution in [3.8, 4) is 0 Å². The Labute approximate surface area is 404 Å². The predicted octanol–water partition coefficient (Wildman–Crippen LogP) is 15.7. The van der Waals surface area contributed by atoms with E-state index in [0.717, 1.165) is 89.9 Å². The maximum atomic E-state index is 12.8. The van der Waals surface area contributed by atoms with Gasteiger partial charge < -0.3 is 18.9 Å². The van der Waals surface area contributed by atoms with Crippen LogP contribution < -0.4 is 0 Å². The number of ether oxygens (including phenoxy) is 2. The molecule has 9 nitrogen and oxygen atoms in total. The molecule has 0 aliphatic heterocycles. The molecule has 2 unspecified atom stereocenters. The number of quaternary nitrogens is 1. The maximum absolute atomic E-state index is 12.8. The van der Waals surface area contributed by atoms with Crippen LogP contribution in [0, 0.1) is 0 Å². The molecule has 0 amide bonds. The molecule has 1 N–H and O–H groups in total. The van der Waals surface area contributed by atoms with E-state index < -0.39 is 32.5 Å². The number of rotatable bonds is 46. The monoisotopic (exact) mass is 943 g/mol. The Morgan fingerprint density at radius 3 is 1.23 bits per heavy atom. The van der Waals surface area contributed by atoms with Crippen molar-refractivity contribution in [2.75, 3.05) is 47.5 Å². The first-order valence-corrected chi connectivity index (χ1v) is 27.5. The van der Waals surface area contributed by atoms with Gasteiger partial charge in [0, 0.05) is 12.8 Å². The molecule has 0 rings (SSSR count). The van der Waals surface area contributed by atoms with Gasteiger partial charge in [0.05, 0.1) is 27.7 Å². The Hall–Kier alpha value is -3.07. The SMILES string of the molecule is CC/C=C\C/C=C\C/C=C\C/C=C\C/C=C\CCCCCCCCCCCCCCCC(=O)OC(COC(=O)CCCCC/C=C\C/C=C\C/C=C\CC)COP(=O)(O)OCC[N+](C)(C)C. The minimum atomic E-state index is -4.39. The van der Waals surface area contributed by atoms with Crippen molar-refractivity contribution < 1.29 is 42.1 Å². The fraction of sp³-hybridized carbons (Fsp3) is 0.679. The number of nitrogens with zero attached hydrogens (tertiary/aromatic N) is 1. The lowest BCUT2D eigenvalue weighted by Crippen LogP contribution is -2.37. The summed E-state index contributed by atoms with van der Waals surface area (Å²) >= 11 is 0. The molecule has 378 valence electrons. The molecular weight excluding hydrogens is 846 g/mol. The standard InChI is InChI=1S/C56H96NO8P/c1-6-8-10-12-14-16-18-20-21-22-23-24-25-26-27-28-29-30-31-32-33-34-35-37-39-41-43-45-47-49-56(59)65-54(53-64-66(60,61)63-51-50-57(3,4)5)52-62-55(58)48-46-44-42-40-38-36-19-17-15-13-11-9-7-2/h8-11,14-17,20-21,23-24,26-27,36,38,54H,6-7,12-13,18-19,22,25,28-35,37,39-53H2,1-5H3/p+1/b10-8-,11-9-,16-14-,17-15-,21-20-,24-23-,27-26-,38-36-. The lowest BCUT2D eigenvalue weighted by Gasteiger charge is -2.24. The van der Waals surface area contributed by atoms with E-state index in [1.54, 1.807) is 0 Å². The van der Waals surface area contributed by atoms with Gasteiger partial charge in [0.1, 0.15) is 19.8 Å². The van der Waals surface area contributed by atoms with E-state index in [1.165, 1.54) is 64.2 Å². The van der Waals surface area contributed by atoms with E-state index in [4.69, 9.17) is 18.5 Å². The highest BCUT2D eigenvalue weighted by Gasteiger charge is 2.27. The molecule has 0 fully saturated rings. The van der Waals surface area contributed by atoms with Crippen molar-refractivity contribution in [1.82, 2.24) is 0 Å². The number of carbonyl (C=O) groups excluding carboxylic acids is 2. The van der Waals surface area contributed by atoms with Crippen molar-refractivity contribution in [2.24, 2.45) is 0 Å². The van der Waals surface area contributed by atoms with Crippen LogP contribution in [0.15, 0.2) is 97.2 Å². The average molecular weight is 943 g/mol. The van der Waals surface area contributed by atoms with Gasteiger partial charge in [-0.25, -0.2) is 4.57 Å². The molecule has 0 heterocycles. The first-order valence-electron chi connectivity index (χ1n) is 26.0. The Morgan fingerprint density at radius 1 is 0.470 bits per heavy atom. The quantitative estimate of drug-likeness (QED) is 0.0211. The van der Waals surface area contributed by atoms with Gasteiger partial charge in [-0.2, -0.15) is 0 Å². The van der Waals surface area contributed by atoms with Crippen LogP contribution in [0.5, 0.6) is 0 Å². The number of hydrogen-bond donors (Lipinski definition) is 1. The van der Waals surface area contributed by atoms with Gasteiger partial charge in [0.2, 0.25) is 0 Å². The zero-order chi connectivity index (χ0) is 48.5. The number of esters is 2. The lowest BCUT2D eigenvalue weighted by molar-refractivity contribution is -0.870. The van der Waals surface area contributed by atoms with Crippen LogP contribution >= 0.6 is 7.82 Å². The Bertz CT molecular complexity index is 1440. The van der Waals surface area contributed by atoms with Crippen LogP contribution in [0.2, 0.25) is 0 Å². The summed E-state index contributed by atoms with van der Waals surface area (Å²) in [6, 6.07) is 0. The number of hydrogen-bond acceptors (Lipinski definition) is 7. The van der Waals surface area contributed by atoms with Crippen LogP contribution in [0.4, 0.5) is 0 Å². The molecule has 0 aromatic carbocycles. The molecule has 0 aliphatic rings. The molecule has 2 atom stereocenters. The second-order valence-corrected chi connectivity index (χ2v) is 19.6. The lowest BCUT2D eigenvalue weighted by atomic mass is 10.0. The molecule has 0 saturated heterocycles. The van der Waals surface area contributed by atoms with Gasteiger partial charge in [-0.3, -0.25) is 18.6 Å². The third-order valence-electron chi connectivity index (χ3n) is 10.6. The van der Waals surface area contributed by atoms with Crippen LogP contribution in [-0.4, -0.2) is 74.9 Å². The number of phosphoric ester groups is 1. The summed E-state index contributed by atoms with van der Waals surface area (Å²) in [4.78, 5) is 35.5. The van der Waals surface area contributed by atoms with Crippen LogP contribution in [0.3, 0.4) is 0 Å². The summed E-state index contributed by atoms with van der Waals surface area (Å²) in [6.07, 6.45) is 63.3. The van der Waals surface area contributed by atoms with Crippen LogP contribution in [0.25, 0.3) is 0 Å². The zero-order valence-corrected chi connectivity index (χ0v) is 43.5. The molecule has 0 bridgehead atoms. The van der Waals surface area contributed by atoms with Crippen LogP contribution in [-0.2, 0) is 32.7 Å². The molecular formula is C56H97NO8P+. The topological polar surface area (TPSA) is 108 Å². The van der Waals surface area contributed by atoms with Crippen molar-refractivity contribution >= 4 is 19.8 Å². The first kappa shape index (κ1) is 62.9. The van der Waals surface area contributed by atoms with E-state index in [0.29, 0.717) is 23.9 Å². The fourth-order valence-corrected chi connectivity index (χ4v) is 7.38. The molecule has 0 spiro atoms. The summed E-state index contributed by atoms with van der Waals surface area (Å²) in [5, 5.41) is 0. The maximum Gasteiger partial charge on any atom is 0.472 e. The highest BCUT2D eigenvalue weighted by Crippen LogP contribution is 2.43. The van der Waals surface area contributed by atoms with E-state index in [-0.39, 0.29) is 26.1 Å². The molecule has 0 radical (unpaired) electrons. The normalized spacial score (nSPS) is 14.2. The molecule has 0 aromatic heterocycles. The van der Waals surface area contributed by atoms with E-state index in [9.17, 15) is 19.0 Å². The number of unbranched alkanes of at least 4 members (excludes halogenated alkanes) is 16. The predicted molar refractivity (Wildman–Crippen MR) is 279 cm³/mol. The molecule has 10 heteroatoms. The second kappa shape index (κ2) is 47.0. The fourth-order valence-electron chi connectivity index (χ4n) is 6.64. The van der Waals surface area contributed by atoms with Gasteiger partial charge in [-0.15, -0.1) is 0 Å². The van der Waals surface area contributed by atoms with Crippen molar-refractivity contribution in [3.63, 3.8) is 0 Å². The Balaban J connectivity index is 4.18. The first-order chi connectivity index (χ1) is 32.0. The van der Waals surface area contributed by atoms with E-state index in [2.05, 4.69) is 111 Å². The van der Waals surface area contributed by atoms with Crippen molar-refractivity contribution in [1.29, 1.82) is 0 Å². The minimum absolute atomic E-state index is 0.0222. The molecule has 66 heavy (non-hydrogen) atoms. The number of likely N-dealkylation sites (N-methyl/N-ethyl adjacent to an activating group) is 1. The summed E-state index contributed by atoms with van der Waals surface area (Å²) in [6.45, 7) is 4.15. The summed E-state index contributed by atoms with van der Waals surface area (Å²) in [5.41, 5.74) is 0. The second-order valence-electron chi connectivity index (χ2n) is 18.1. The molecule has 0 aliphatic carbocycles. The van der Waals surface area contributed by atoms with Gasteiger partial charge in [-0.1, -0.05) is 188 Å². The number of allylic oxidation sites excluding steroid dienone is 16. The smallest absolute Gasteiger partial charge is 0.462 e. The van der Waals surface area contributed by atoms with Crippen molar-refractivity contribution in [3.05, 3.63) is 97.2 Å². The highest BCUT2D eigenvalue weighted by atomic mass is 31.2. The Kier molecular flexibility index (Phi) is 44.8. The third-order valence-corrected chi connectivity index (χ3v) is 11.6. The average Bonchev–Trinajstić information content (AvgIpc) is 3.27. The summed E-state index contributed by atoms with van der Waals surface area (Å²) in [7, 11) is 1.45. The molecule has 0 aromatic rings. The van der Waals surface area contributed by atoms with E-state index in [1.807, 2.05) is 21.1 Å². The van der Waals surface area contributed by atoms with Gasteiger partial charge >= 0.3 is 19.8 Å². The summed E-state index contributed by atoms with van der Waals surface area (Å²) < 4.78 is 34.4. The van der Waals surface area contributed by atoms with E-state index >= 15 is 0 Å². The highest BCUT2D eigenvalue weighted by molar-refractivity contribution is 7.47. The van der Waals surface area contributed by atoms with Crippen LogP contribution in [0.1, 0.15) is 194 Å². The minimum Gasteiger partial charge on any atom is -0.462 e. The third kappa shape index (κ3) is 50.3. The van der Waals surface area contributed by atoms with Gasteiger partial charge in [0.25, 0.3) is 0 Å². The summed E-state index contributed by atoms with van der Waals surface area (Å²) in [5.74, 6) is -0.839. The number of phosphoric acid groups is 1. The molecule has 0 saturated carbocycles. The van der Waals surface area contributed by atoms with Gasteiger partial charge in [-0.05, 0) is 89.9 Å². The number of carbonyl (C=O) groups is 2. The Morgan fingerprint density at radius 2 is 0.818 bits per heavy atom. The van der Waals surface area contributed by atoms with Gasteiger partial charge in [0.15, 0.2) is 6.10 Å². The van der Waals surface area contributed by atoms with Crippen molar-refractivity contribution in [2.45, 2.75) is 200 Å².